The molecule has 1 heterocycles. The maximum Gasteiger partial charge on any atom is 0.266 e. The largest absolute Gasteiger partial charge is 0.497 e. The molecular formula is C26H22ClNO3S2. The number of amides is 1. The van der Waals surface area contributed by atoms with Crippen LogP contribution in [0, 0.1) is 0 Å². The van der Waals surface area contributed by atoms with E-state index in [4.69, 9.17) is 33.3 Å². The van der Waals surface area contributed by atoms with Crippen LogP contribution in [0.4, 0.5) is 0 Å². The number of carbonyl (C=O) groups is 1. The normalized spacial score (nSPS) is 14.7. The first-order valence-electron chi connectivity index (χ1n) is 10.4. The Labute approximate surface area is 208 Å². The van der Waals surface area contributed by atoms with Gasteiger partial charge in [0.2, 0.25) is 0 Å². The van der Waals surface area contributed by atoms with Crippen molar-refractivity contribution >= 4 is 51.9 Å². The predicted molar refractivity (Wildman–Crippen MR) is 139 cm³/mol. The summed E-state index contributed by atoms with van der Waals surface area (Å²) in [5.74, 6) is 1.48. The smallest absolute Gasteiger partial charge is 0.266 e. The Kier molecular flexibility index (Phi) is 7.70. The molecule has 1 saturated heterocycles. The quantitative estimate of drug-likeness (QED) is 0.268. The zero-order valence-electron chi connectivity index (χ0n) is 18.0. The highest BCUT2D eigenvalue weighted by atomic mass is 35.5. The standard InChI is InChI=1S/C26H22ClNO3S2/c1-30-22-11-7-18(8-12-22)13-14-28-25(29)24(33-26(28)32)16-20-3-2-4-23(15-20)31-17-19-5-9-21(27)10-6-19/h2-12,15-16H,13-14,17H2,1H3/b24-16-. The minimum absolute atomic E-state index is 0.0639. The van der Waals surface area contributed by atoms with Gasteiger partial charge in [0.25, 0.3) is 5.91 Å². The Balaban J connectivity index is 1.39. The molecule has 1 aliphatic heterocycles. The number of rotatable bonds is 8. The summed E-state index contributed by atoms with van der Waals surface area (Å²) in [6.45, 7) is 0.979. The third-order valence-corrected chi connectivity index (χ3v) is 6.76. The van der Waals surface area contributed by atoms with Gasteiger partial charge in [-0.15, -0.1) is 0 Å². The third-order valence-electron chi connectivity index (χ3n) is 5.13. The second kappa shape index (κ2) is 10.9. The molecule has 1 aliphatic rings. The van der Waals surface area contributed by atoms with E-state index in [1.165, 1.54) is 11.8 Å². The van der Waals surface area contributed by atoms with Gasteiger partial charge in [-0.2, -0.15) is 0 Å². The summed E-state index contributed by atoms with van der Waals surface area (Å²) < 4.78 is 11.7. The average molecular weight is 496 g/mol. The van der Waals surface area contributed by atoms with Crippen molar-refractivity contribution in [2.75, 3.05) is 13.7 Å². The van der Waals surface area contributed by atoms with Crippen molar-refractivity contribution in [3.63, 3.8) is 0 Å². The minimum Gasteiger partial charge on any atom is -0.497 e. The summed E-state index contributed by atoms with van der Waals surface area (Å²) in [4.78, 5) is 15.2. The number of methoxy groups -OCH3 is 1. The Morgan fingerprint density at radius 3 is 2.45 bits per heavy atom. The Hall–Kier alpha value is -2.80. The molecule has 0 aliphatic carbocycles. The Morgan fingerprint density at radius 2 is 1.73 bits per heavy atom. The number of carbonyl (C=O) groups excluding carboxylic acids is 1. The summed E-state index contributed by atoms with van der Waals surface area (Å²) in [6, 6.07) is 23.1. The van der Waals surface area contributed by atoms with Crippen molar-refractivity contribution in [1.82, 2.24) is 4.90 Å². The van der Waals surface area contributed by atoms with Gasteiger partial charge in [0.05, 0.1) is 12.0 Å². The van der Waals surface area contributed by atoms with Gasteiger partial charge in [-0.1, -0.05) is 72.0 Å². The first-order chi connectivity index (χ1) is 16.0. The molecule has 3 aromatic carbocycles. The van der Waals surface area contributed by atoms with Crippen LogP contribution in [-0.4, -0.2) is 28.8 Å². The monoisotopic (exact) mass is 495 g/mol. The van der Waals surface area contributed by atoms with E-state index >= 15 is 0 Å². The lowest BCUT2D eigenvalue weighted by Crippen LogP contribution is -2.30. The summed E-state index contributed by atoms with van der Waals surface area (Å²) in [6.07, 6.45) is 2.58. The van der Waals surface area contributed by atoms with Gasteiger partial charge in [0, 0.05) is 11.6 Å². The molecule has 0 unspecified atom stereocenters. The number of thioether (sulfide) groups is 1. The van der Waals surface area contributed by atoms with Crippen molar-refractivity contribution in [3.05, 3.63) is 99.4 Å². The lowest BCUT2D eigenvalue weighted by molar-refractivity contribution is -0.122. The highest BCUT2D eigenvalue weighted by molar-refractivity contribution is 8.26. The Bertz CT molecular complexity index is 1180. The van der Waals surface area contributed by atoms with Crippen LogP contribution in [0.2, 0.25) is 5.02 Å². The van der Waals surface area contributed by atoms with E-state index in [-0.39, 0.29) is 5.91 Å². The van der Waals surface area contributed by atoms with E-state index in [0.29, 0.717) is 27.4 Å². The first-order valence-corrected chi connectivity index (χ1v) is 12.0. The van der Waals surface area contributed by atoms with Gasteiger partial charge in [0.1, 0.15) is 22.4 Å². The first kappa shape index (κ1) is 23.4. The Morgan fingerprint density at radius 1 is 1.00 bits per heavy atom. The zero-order chi connectivity index (χ0) is 23.2. The second-order valence-electron chi connectivity index (χ2n) is 7.42. The zero-order valence-corrected chi connectivity index (χ0v) is 20.4. The van der Waals surface area contributed by atoms with Crippen molar-refractivity contribution in [1.29, 1.82) is 0 Å². The van der Waals surface area contributed by atoms with Crippen LogP contribution >= 0.6 is 35.6 Å². The van der Waals surface area contributed by atoms with Gasteiger partial charge in [0.15, 0.2) is 0 Å². The van der Waals surface area contributed by atoms with Gasteiger partial charge >= 0.3 is 0 Å². The highest BCUT2D eigenvalue weighted by Crippen LogP contribution is 2.33. The molecule has 4 rings (SSSR count). The average Bonchev–Trinajstić information content (AvgIpc) is 3.10. The fraction of sp³-hybridized carbons (Fsp3) is 0.154. The molecule has 0 radical (unpaired) electrons. The van der Waals surface area contributed by atoms with Crippen LogP contribution in [0.3, 0.4) is 0 Å². The molecule has 33 heavy (non-hydrogen) atoms. The summed E-state index contributed by atoms with van der Waals surface area (Å²) in [5, 5.41) is 0.696. The lowest BCUT2D eigenvalue weighted by atomic mass is 10.1. The molecule has 0 N–H and O–H groups in total. The van der Waals surface area contributed by atoms with Crippen LogP contribution in [0.15, 0.2) is 77.7 Å². The lowest BCUT2D eigenvalue weighted by Gasteiger charge is -2.14. The summed E-state index contributed by atoms with van der Waals surface area (Å²) in [7, 11) is 1.64. The molecule has 3 aromatic rings. The van der Waals surface area contributed by atoms with Crippen molar-refractivity contribution in [3.8, 4) is 11.5 Å². The predicted octanol–water partition coefficient (Wildman–Crippen LogP) is 6.37. The number of ether oxygens (including phenoxy) is 2. The van der Waals surface area contributed by atoms with Crippen LogP contribution in [-0.2, 0) is 17.8 Å². The van der Waals surface area contributed by atoms with Crippen LogP contribution in [0.1, 0.15) is 16.7 Å². The molecule has 0 bridgehead atoms. The van der Waals surface area contributed by atoms with E-state index in [9.17, 15) is 4.79 Å². The third kappa shape index (κ3) is 6.16. The molecule has 168 valence electrons. The van der Waals surface area contributed by atoms with Crippen molar-refractivity contribution < 1.29 is 14.3 Å². The van der Waals surface area contributed by atoms with Gasteiger partial charge in [-0.25, -0.2) is 0 Å². The van der Waals surface area contributed by atoms with Crippen LogP contribution in [0.5, 0.6) is 11.5 Å². The minimum atomic E-state index is -0.0639. The number of nitrogens with zero attached hydrogens (tertiary/aromatic N) is 1. The van der Waals surface area contributed by atoms with E-state index in [1.54, 1.807) is 12.0 Å². The fourth-order valence-corrected chi connectivity index (χ4v) is 4.75. The van der Waals surface area contributed by atoms with E-state index < -0.39 is 0 Å². The van der Waals surface area contributed by atoms with Crippen molar-refractivity contribution in [2.24, 2.45) is 0 Å². The maximum absolute atomic E-state index is 13.0. The molecular weight excluding hydrogens is 474 g/mol. The molecule has 0 spiro atoms. The molecule has 0 saturated carbocycles. The number of benzene rings is 3. The van der Waals surface area contributed by atoms with Gasteiger partial charge < -0.3 is 9.47 Å². The highest BCUT2D eigenvalue weighted by Gasteiger charge is 2.31. The van der Waals surface area contributed by atoms with E-state index in [2.05, 4.69) is 0 Å². The summed E-state index contributed by atoms with van der Waals surface area (Å²) in [5.41, 5.74) is 3.04. The molecule has 1 fully saturated rings. The topological polar surface area (TPSA) is 38.8 Å². The van der Waals surface area contributed by atoms with Crippen molar-refractivity contribution in [2.45, 2.75) is 13.0 Å². The maximum atomic E-state index is 13.0. The number of halogens is 1. The molecule has 1 amide bonds. The summed E-state index contributed by atoms with van der Waals surface area (Å²) >= 11 is 12.7. The molecule has 0 atom stereocenters. The second-order valence-corrected chi connectivity index (χ2v) is 9.53. The van der Waals surface area contributed by atoms with Gasteiger partial charge in [-0.05, 0) is 65.6 Å². The van der Waals surface area contributed by atoms with E-state index in [1.807, 2.05) is 78.9 Å². The number of hydrogen-bond donors (Lipinski definition) is 0. The molecule has 7 heteroatoms. The molecule has 4 nitrogen and oxygen atoms in total. The fourth-order valence-electron chi connectivity index (χ4n) is 3.32. The number of thiocarbonyl (C=S) groups is 1. The number of hydrogen-bond acceptors (Lipinski definition) is 5. The van der Waals surface area contributed by atoms with Crippen LogP contribution < -0.4 is 9.47 Å². The SMILES string of the molecule is COc1ccc(CCN2C(=O)/C(=C/c3cccc(OCc4ccc(Cl)cc4)c3)SC2=S)cc1. The molecule has 0 aromatic heterocycles. The van der Waals surface area contributed by atoms with Gasteiger partial charge in [-0.3, -0.25) is 9.69 Å². The van der Waals surface area contributed by atoms with E-state index in [0.717, 1.165) is 34.6 Å². The van der Waals surface area contributed by atoms with Crippen LogP contribution in [0.25, 0.3) is 6.08 Å².